The molecular formula is C21H20F3N5OS. The average molecular weight is 447 g/mol. The molecule has 3 aromatic heterocycles. The molecule has 0 spiro atoms. The normalized spacial score (nSPS) is 15.9. The van der Waals surface area contributed by atoms with Gasteiger partial charge in [-0.2, -0.15) is 13.2 Å². The molecule has 3 heterocycles. The van der Waals surface area contributed by atoms with Gasteiger partial charge in [0.2, 0.25) is 5.78 Å². The monoisotopic (exact) mass is 447 g/mol. The van der Waals surface area contributed by atoms with Crippen molar-refractivity contribution in [2.45, 2.75) is 44.6 Å². The number of nitrogens with zero attached hydrogens (tertiary/aromatic N) is 5. The molecule has 0 radical (unpaired) electrons. The first kappa shape index (κ1) is 20.2. The Bertz CT molecular complexity index is 1330. The Balaban J connectivity index is 1.55. The summed E-state index contributed by atoms with van der Waals surface area (Å²) in [6, 6.07) is 7.43. The number of halogens is 3. The van der Waals surface area contributed by atoms with Crippen molar-refractivity contribution in [3.8, 4) is 0 Å². The Morgan fingerprint density at radius 2 is 2.03 bits per heavy atom. The number of hydrogen-bond acceptors (Lipinski definition) is 5. The number of thiophene rings is 1. The number of hydrogen-bond donors (Lipinski definition) is 0. The molecular weight excluding hydrogens is 427 g/mol. The maximum absolute atomic E-state index is 13.2. The topological polar surface area (TPSA) is 55.4 Å². The molecule has 5 rings (SSSR count). The van der Waals surface area contributed by atoms with E-state index in [9.17, 15) is 18.0 Å². The number of rotatable bonds is 5. The Hall–Kier alpha value is -2.72. The summed E-state index contributed by atoms with van der Waals surface area (Å²) in [5.74, 6) is 1.12. The highest BCUT2D eigenvalue weighted by atomic mass is 32.1. The van der Waals surface area contributed by atoms with Crippen molar-refractivity contribution in [1.29, 1.82) is 0 Å². The van der Waals surface area contributed by atoms with E-state index in [2.05, 4.69) is 15.1 Å². The molecule has 0 amide bonds. The molecule has 1 atom stereocenters. The lowest BCUT2D eigenvalue weighted by Gasteiger charge is -2.29. The third kappa shape index (κ3) is 3.43. The van der Waals surface area contributed by atoms with Gasteiger partial charge in [0.05, 0.1) is 17.6 Å². The number of alkyl halides is 3. The Labute approximate surface area is 179 Å². The van der Waals surface area contributed by atoms with Crippen LogP contribution in [0.5, 0.6) is 0 Å². The van der Waals surface area contributed by atoms with Crippen LogP contribution >= 0.6 is 11.3 Å². The summed E-state index contributed by atoms with van der Waals surface area (Å²) in [4.78, 5) is 14.7. The highest BCUT2D eigenvalue weighted by molar-refractivity contribution is 7.17. The maximum Gasteiger partial charge on any atom is 0.416 e. The predicted molar refractivity (Wildman–Crippen MR) is 112 cm³/mol. The van der Waals surface area contributed by atoms with E-state index in [1.807, 2.05) is 22.8 Å². The summed E-state index contributed by atoms with van der Waals surface area (Å²) in [7, 11) is 1.67. The Kier molecular flexibility index (Phi) is 4.67. The van der Waals surface area contributed by atoms with Gasteiger partial charge in [0.1, 0.15) is 4.70 Å². The first-order chi connectivity index (χ1) is 14.8. The van der Waals surface area contributed by atoms with Crippen molar-refractivity contribution in [3.05, 3.63) is 63.0 Å². The molecule has 0 saturated heterocycles. The van der Waals surface area contributed by atoms with Gasteiger partial charge in [-0.3, -0.25) is 18.7 Å². The van der Waals surface area contributed by atoms with Gasteiger partial charge < -0.3 is 0 Å². The molecule has 1 saturated carbocycles. The quantitative estimate of drug-likeness (QED) is 0.456. The predicted octanol–water partition coefficient (Wildman–Crippen LogP) is 4.39. The van der Waals surface area contributed by atoms with Crippen LogP contribution in [-0.2, 0) is 19.8 Å². The van der Waals surface area contributed by atoms with Crippen molar-refractivity contribution in [1.82, 2.24) is 24.1 Å². The van der Waals surface area contributed by atoms with Gasteiger partial charge in [-0.05, 0) is 48.9 Å². The molecule has 1 unspecified atom stereocenters. The second-order valence-corrected chi connectivity index (χ2v) is 8.87. The van der Waals surface area contributed by atoms with Gasteiger partial charge in [0.25, 0.3) is 5.56 Å². The van der Waals surface area contributed by atoms with E-state index in [1.54, 1.807) is 13.1 Å². The van der Waals surface area contributed by atoms with Crippen molar-refractivity contribution in [3.63, 3.8) is 0 Å². The van der Waals surface area contributed by atoms with Crippen molar-refractivity contribution >= 4 is 27.3 Å². The molecule has 6 nitrogen and oxygen atoms in total. The summed E-state index contributed by atoms with van der Waals surface area (Å²) in [5.41, 5.74) is 0.609. The highest BCUT2D eigenvalue weighted by Crippen LogP contribution is 2.37. The second kappa shape index (κ2) is 7.16. The van der Waals surface area contributed by atoms with Crippen LogP contribution in [0.4, 0.5) is 13.2 Å². The molecule has 1 aromatic carbocycles. The van der Waals surface area contributed by atoms with Gasteiger partial charge in [-0.25, -0.2) is 0 Å². The average Bonchev–Trinajstić information content (AvgIpc) is 3.30. The molecule has 162 valence electrons. The highest BCUT2D eigenvalue weighted by Gasteiger charge is 2.35. The summed E-state index contributed by atoms with van der Waals surface area (Å²) < 4.78 is 43.6. The minimum absolute atomic E-state index is 0.118. The zero-order valence-corrected chi connectivity index (χ0v) is 17.7. The van der Waals surface area contributed by atoms with Crippen LogP contribution in [0.25, 0.3) is 16.0 Å². The number of aryl methyl sites for hydroxylation is 1. The molecule has 4 aromatic rings. The van der Waals surface area contributed by atoms with E-state index in [-0.39, 0.29) is 17.6 Å². The lowest BCUT2D eigenvalue weighted by atomic mass is 10.0. The fourth-order valence-corrected chi connectivity index (χ4v) is 4.92. The van der Waals surface area contributed by atoms with Crippen LogP contribution in [0.2, 0.25) is 0 Å². The first-order valence-electron chi connectivity index (χ1n) is 9.99. The van der Waals surface area contributed by atoms with E-state index < -0.39 is 11.7 Å². The number of fused-ring (bicyclic) bond motifs is 3. The van der Waals surface area contributed by atoms with Gasteiger partial charge in [0, 0.05) is 19.1 Å². The lowest BCUT2D eigenvalue weighted by Crippen LogP contribution is -2.30. The van der Waals surface area contributed by atoms with Crippen LogP contribution in [0, 0.1) is 0 Å². The molecule has 1 aliphatic carbocycles. The minimum atomic E-state index is -4.38. The molecule has 31 heavy (non-hydrogen) atoms. The SMILES string of the molecule is CC(c1cccc(C(F)(F)F)c1)N(Cc1nnc2n(C)c(=O)c3sccc3n12)C1CC1. The van der Waals surface area contributed by atoms with E-state index in [1.165, 1.54) is 28.0 Å². The standard InChI is InChI=1S/C21H20F3N5OS/c1-12(13-4-3-5-14(10-13)21(22,23)24)28(15-6-7-15)11-17-25-26-20-27(2)19(30)18-16(29(17)20)8-9-31-18/h3-5,8-10,12,15H,6-7,11H2,1-2H3. The van der Waals surface area contributed by atoms with E-state index in [4.69, 9.17) is 0 Å². The third-order valence-corrected chi connectivity index (χ3v) is 6.82. The summed E-state index contributed by atoms with van der Waals surface area (Å²) >= 11 is 1.37. The third-order valence-electron chi connectivity index (χ3n) is 5.93. The maximum atomic E-state index is 13.2. The van der Waals surface area contributed by atoms with Crippen molar-refractivity contribution in [2.24, 2.45) is 7.05 Å². The Morgan fingerprint density at radius 1 is 1.26 bits per heavy atom. The van der Waals surface area contributed by atoms with Crippen molar-refractivity contribution in [2.75, 3.05) is 0 Å². The first-order valence-corrected chi connectivity index (χ1v) is 10.9. The zero-order chi connectivity index (χ0) is 21.9. The second-order valence-electron chi connectivity index (χ2n) is 7.95. The van der Waals surface area contributed by atoms with Crippen LogP contribution in [-0.4, -0.2) is 30.1 Å². The van der Waals surface area contributed by atoms with Gasteiger partial charge >= 0.3 is 6.18 Å². The fourth-order valence-electron chi connectivity index (χ4n) is 4.07. The summed E-state index contributed by atoms with van der Waals surface area (Å²) in [6.45, 7) is 2.35. The molecule has 0 N–H and O–H groups in total. The van der Waals surface area contributed by atoms with E-state index in [0.717, 1.165) is 24.4 Å². The molecule has 0 bridgehead atoms. The van der Waals surface area contributed by atoms with Crippen LogP contribution in [0.3, 0.4) is 0 Å². The zero-order valence-electron chi connectivity index (χ0n) is 16.9. The van der Waals surface area contributed by atoms with Crippen molar-refractivity contribution < 1.29 is 13.2 Å². The van der Waals surface area contributed by atoms with E-state index >= 15 is 0 Å². The summed E-state index contributed by atoms with van der Waals surface area (Å²) in [5, 5.41) is 10.4. The van der Waals surface area contributed by atoms with Crippen LogP contribution < -0.4 is 5.56 Å². The number of benzene rings is 1. The fraction of sp³-hybridized carbons (Fsp3) is 0.381. The molecule has 1 fully saturated rings. The lowest BCUT2D eigenvalue weighted by molar-refractivity contribution is -0.137. The Morgan fingerprint density at radius 3 is 2.74 bits per heavy atom. The molecule has 10 heteroatoms. The summed E-state index contributed by atoms with van der Waals surface area (Å²) in [6.07, 6.45) is -2.39. The van der Waals surface area contributed by atoms with E-state index in [0.29, 0.717) is 28.4 Å². The minimum Gasteiger partial charge on any atom is -0.286 e. The van der Waals surface area contributed by atoms with Gasteiger partial charge in [0.15, 0.2) is 5.82 Å². The molecule has 0 aliphatic heterocycles. The largest absolute Gasteiger partial charge is 0.416 e. The smallest absolute Gasteiger partial charge is 0.286 e. The molecule has 1 aliphatic rings. The van der Waals surface area contributed by atoms with Crippen LogP contribution in [0.15, 0.2) is 40.5 Å². The van der Waals surface area contributed by atoms with Gasteiger partial charge in [-0.1, -0.05) is 12.1 Å². The van der Waals surface area contributed by atoms with Gasteiger partial charge in [-0.15, -0.1) is 21.5 Å². The number of aromatic nitrogens is 4. The van der Waals surface area contributed by atoms with Crippen LogP contribution in [0.1, 0.15) is 42.8 Å².